The Morgan fingerprint density at radius 3 is 1.89 bits per heavy atom. The summed E-state index contributed by atoms with van der Waals surface area (Å²) in [4.78, 5) is 26.5. The number of aromatic nitrogens is 2. The van der Waals surface area contributed by atoms with Gasteiger partial charge in [0.2, 0.25) is 0 Å². The Morgan fingerprint density at radius 2 is 1.27 bits per heavy atom. The normalized spacial score (nSPS) is 11.4. The number of pyridine rings is 1. The fraction of sp³-hybridized carbons (Fsp3) is 0.0263. The van der Waals surface area contributed by atoms with Crippen LogP contribution in [0.3, 0.4) is 0 Å². The minimum Gasteiger partial charge on any atom is -0.331 e. The van der Waals surface area contributed by atoms with Crippen molar-refractivity contribution in [2.45, 2.75) is 6.54 Å². The molecular formula is C38H27BrN4O2. The molecule has 7 aromatic rings. The van der Waals surface area contributed by atoms with Crippen molar-refractivity contribution in [1.29, 1.82) is 0 Å². The van der Waals surface area contributed by atoms with E-state index in [-0.39, 0.29) is 17.9 Å². The summed E-state index contributed by atoms with van der Waals surface area (Å²) in [5.74, 6) is -0.304. The first kappa shape index (κ1) is 28.3. The van der Waals surface area contributed by atoms with Crippen molar-refractivity contribution < 1.29 is 4.79 Å². The fourth-order valence-electron chi connectivity index (χ4n) is 5.80. The van der Waals surface area contributed by atoms with E-state index in [1.807, 2.05) is 89.5 Å². The lowest BCUT2D eigenvalue weighted by molar-refractivity contribution is -0.121. The van der Waals surface area contributed by atoms with E-state index in [0.717, 1.165) is 38.2 Å². The van der Waals surface area contributed by atoms with Crippen LogP contribution in [-0.2, 0) is 11.3 Å². The molecule has 0 aliphatic rings. The molecule has 0 saturated carbocycles. The molecule has 0 radical (unpaired) electrons. The fourth-order valence-corrected chi connectivity index (χ4v) is 6.06. The molecule has 0 spiro atoms. The van der Waals surface area contributed by atoms with Gasteiger partial charge in [-0.25, -0.2) is 5.43 Å². The molecule has 0 unspecified atom stereocenters. The number of fused-ring (bicyclic) bond motifs is 2. The molecular weight excluding hydrogens is 624 g/mol. The minimum absolute atomic E-state index is 0.000636. The van der Waals surface area contributed by atoms with Gasteiger partial charge >= 0.3 is 0 Å². The molecule has 7 rings (SSSR count). The third-order valence-corrected chi connectivity index (χ3v) is 8.33. The summed E-state index contributed by atoms with van der Waals surface area (Å²) in [5.41, 5.74) is 9.95. The molecule has 7 heteroatoms. The number of carbonyl (C=O) groups is 1. The highest BCUT2D eigenvalue weighted by atomic mass is 79.9. The number of para-hydroxylation sites is 2. The quantitative estimate of drug-likeness (QED) is 0.107. The Morgan fingerprint density at radius 1 is 0.711 bits per heavy atom. The van der Waals surface area contributed by atoms with Crippen molar-refractivity contribution in [3.63, 3.8) is 0 Å². The van der Waals surface area contributed by atoms with E-state index in [1.165, 1.54) is 0 Å². The van der Waals surface area contributed by atoms with E-state index in [2.05, 4.69) is 73.5 Å². The molecule has 2 aromatic heterocycles. The Hall–Kier alpha value is -5.53. The number of benzene rings is 5. The Bertz CT molecular complexity index is 2190. The Kier molecular flexibility index (Phi) is 7.68. The molecule has 5 aromatic carbocycles. The van der Waals surface area contributed by atoms with Crippen molar-refractivity contribution in [3.8, 4) is 28.2 Å². The zero-order valence-corrected chi connectivity index (χ0v) is 25.7. The molecule has 1 N–H and O–H groups in total. The predicted molar refractivity (Wildman–Crippen MR) is 186 cm³/mol. The van der Waals surface area contributed by atoms with Crippen LogP contribution in [0.4, 0.5) is 0 Å². The first-order chi connectivity index (χ1) is 22.1. The SMILES string of the molecule is O=C(Cn1c2ccccc2c(=O)c2ccccc21)N/N=C\c1cc(-c2ccccc2)n(-c2ccc(Br)cc2)c1-c1ccccc1. The highest BCUT2D eigenvalue weighted by Crippen LogP contribution is 2.35. The number of hydrazone groups is 1. The molecule has 218 valence electrons. The van der Waals surface area contributed by atoms with Gasteiger partial charge in [-0.15, -0.1) is 0 Å². The molecule has 0 aliphatic carbocycles. The van der Waals surface area contributed by atoms with Crippen molar-refractivity contribution in [2.24, 2.45) is 5.10 Å². The number of nitrogens with zero attached hydrogens (tertiary/aromatic N) is 3. The van der Waals surface area contributed by atoms with E-state index >= 15 is 0 Å². The molecule has 0 bridgehead atoms. The number of hydrogen-bond donors (Lipinski definition) is 1. The summed E-state index contributed by atoms with van der Waals surface area (Å²) in [5, 5.41) is 5.58. The average Bonchev–Trinajstić information content (AvgIpc) is 3.47. The standard InChI is InChI=1S/C38H27BrN4O2/c39-29-19-21-30(22-20-29)43-35(26-11-3-1-4-12-26)23-28(37(43)27-13-5-2-6-14-27)24-40-41-36(44)25-42-33-17-9-7-15-31(33)38(45)32-16-8-10-18-34(32)42/h1-24H,25H2,(H,41,44)/b40-24-. The third-order valence-electron chi connectivity index (χ3n) is 7.81. The van der Waals surface area contributed by atoms with E-state index in [4.69, 9.17) is 0 Å². The monoisotopic (exact) mass is 650 g/mol. The van der Waals surface area contributed by atoms with Crippen LogP contribution in [0.25, 0.3) is 50.0 Å². The highest BCUT2D eigenvalue weighted by molar-refractivity contribution is 9.10. The van der Waals surface area contributed by atoms with Crippen LogP contribution in [0.1, 0.15) is 5.56 Å². The summed E-state index contributed by atoms with van der Waals surface area (Å²) < 4.78 is 5.08. The molecule has 1 amide bonds. The largest absolute Gasteiger partial charge is 0.331 e. The summed E-state index contributed by atoms with van der Waals surface area (Å²) in [6, 6.07) is 45.4. The van der Waals surface area contributed by atoms with Gasteiger partial charge < -0.3 is 9.13 Å². The van der Waals surface area contributed by atoms with Crippen molar-refractivity contribution >= 4 is 49.9 Å². The van der Waals surface area contributed by atoms with Gasteiger partial charge in [0.1, 0.15) is 6.54 Å². The maximum Gasteiger partial charge on any atom is 0.260 e. The second-order valence-electron chi connectivity index (χ2n) is 10.6. The second-order valence-corrected chi connectivity index (χ2v) is 11.5. The second kappa shape index (κ2) is 12.2. The lowest BCUT2D eigenvalue weighted by atomic mass is 10.1. The van der Waals surface area contributed by atoms with E-state index in [0.29, 0.717) is 21.8 Å². The van der Waals surface area contributed by atoms with Crippen LogP contribution in [0.5, 0.6) is 0 Å². The smallest absolute Gasteiger partial charge is 0.260 e. The molecule has 45 heavy (non-hydrogen) atoms. The summed E-state index contributed by atoms with van der Waals surface area (Å²) in [6.07, 6.45) is 1.70. The third kappa shape index (κ3) is 5.50. The average molecular weight is 652 g/mol. The van der Waals surface area contributed by atoms with Crippen LogP contribution in [0.2, 0.25) is 0 Å². The van der Waals surface area contributed by atoms with Crippen LogP contribution < -0.4 is 10.9 Å². The zero-order chi connectivity index (χ0) is 30.8. The van der Waals surface area contributed by atoms with E-state index in [1.54, 1.807) is 18.3 Å². The van der Waals surface area contributed by atoms with Crippen molar-refractivity contribution in [1.82, 2.24) is 14.6 Å². The molecule has 2 heterocycles. The van der Waals surface area contributed by atoms with Gasteiger partial charge in [-0.3, -0.25) is 9.59 Å². The van der Waals surface area contributed by atoms with Gasteiger partial charge in [0.25, 0.3) is 5.91 Å². The molecule has 0 fully saturated rings. The van der Waals surface area contributed by atoms with E-state index < -0.39 is 0 Å². The molecule has 6 nitrogen and oxygen atoms in total. The topological polar surface area (TPSA) is 68.4 Å². The van der Waals surface area contributed by atoms with Gasteiger partial charge in [0, 0.05) is 26.5 Å². The van der Waals surface area contributed by atoms with Gasteiger partial charge in [-0.05, 0) is 65.7 Å². The van der Waals surface area contributed by atoms with Crippen molar-refractivity contribution in [3.05, 3.63) is 160 Å². The van der Waals surface area contributed by atoms with Gasteiger partial charge in [0.05, 0.1) is 28.6 Å². The first-order valence-electron chi connectivity index (χ1n) is 14.5. The molecule has 0 atom stereocenters. The number of carbonyl (C=O) groups excluding carboxylic acids is 1. The summed E-state index contributed by atoms with van der Waals surface area (Å²) in [6.45, 7) is -0.000636. The highest BCUT2D eigenvalue weighted by Gasteiger charge is 2.19. The Balaban J connectivity index is 1.28. The van der Waals surface area contributed by atoms with Gasteiger partial charge in [-0.2, -0.15) is 5.10 Å². The zero-order valence-electron chi connectivity index (χ0n) is 24.1. The summed E-state index contributed by atoms with van der Waals surface area (Å²) >= 11 is 3.56. The van der Waals surface area contributed by atoms with Gasteiger partial charge in [0.15, 0.2) is 5.43 Å². The minimum atomic E-state index is -0.304. The van der Waals surface area contributed by atoms with Crippen LogP contribution in [-0.4, -0.2) is 21.3 Å². The van der Waals surface area contributed by atoms with Crippen LogP contribution in [0.15, 0.2) is 154 Å². The first-order valence-corrected chi connectivity index (χ1v) is 15.3. The van der Waals surface area contributed by atoms with Crippen LogP contribution in [0, 0.1) is 0 Å². The summed E-state index contributed by atoms with van der Waals surface area (Å²) in [7, 11) is 0. The number of nitrogens with one attached hydrogen (secondary N) is 1. The predicted octanol–water partition coefficient (Wildman–Crippen LogP) is 8.19. The molecule has 0 saturated heterocycles. The number of halogens is 1. The number of amides is 1. The Labute approximate surface area is 268 Å². The van der Waals surface area contributed by atoms with E-state index in [9.17, 15) is 9.59 Å². The lowest BCUT2D eigenvalue weighted by Crippen LogP contribution is -2.25. The van der Waals surface area contributed by atoms with Crippen LogP contribution >= 0.6 is 15.9 Å². The maximum absolute atomic E-state index is 13.3. The lowest BCUT2D eigenvalue weighted by Gasteiger charge is -2.15. The number of hydrogen-bond acceptors (Lipinski definition) is 3. The molecule has 0 aliphatic heterocycles. The maximum atomic E-state index is 13.3. The van der Waals surface area contributed by atoms with Gasteiger partial charge in [-0.1, -0.05) is 101 Å². The number of rotatable bonds is 7. The van der Waals surface area contributed by atoms with Crippen molar-refractivity contribution in [2.75, 3.05) is 0 Å².